The minimum Gasteiger partial charge on any atom is -0.367 e. The Balaban J connectivity index is 1.33. The number of anilines is 1. The highest BCUT2D eigenvalue weighted by atomic mass is 19.3. The van der Waals surface area contributed by atoms with E-state index in [1.165, 1.54) is 11.9 Å². The average Bonchev–Trinajstić information content (AvgIpc) is 3.11. The number of piperidine rings is 1. The fourth-order valence-electron chi connectivity index (χ4n) is 4.18. The van der Waals surface area contributed by atoms with Crippen LogP contribution in [0.1, 0.15) is 39.5 Å². The third-order valence-electron chi connectivity index (χ3n) is 6.35. The molecule has 156 valence electrons. The summed E-state index contributed by atoms with van der Waals surface area (Å²) in [5.74, 6) is -1.60. The van der Waals surface area contributed by atoms with Gasteiger partial charge < -0.3 is 10.3 Å². The van der Waals surface area contributed by atoms with Crippen LogP contribution in [0.15, 0.2) is 41.9 Å². The molecule has 0 amide bonds. The maximum atomic E-state index is 14.9. The molecular formula is C22H29F2N5. The van der Waals surface area contributed by atoms with Crippen LogP contribution in [0.3, 0.4) is 0 Å². The number of halogens is 2. The highest BCUT2D eigenvalue weighted by Crippen LogP contribution is 2.34. The largest absolute Gasteiger partial charge is 0.367 e. The van der Waals surface area contributed by atoms with Crippen molar-refractivity contribution in [1.29, 1.82) is 0 Å². The van der Waals surface area contributed by atoms with E-state index in [0.29, 0.717) is 25.4 Å². The zero-order valence-corrected chi connectivity index (χ0v) is 17.1. The molecule has 1 fully saturated rings. The van der Waals surface area contributed by atoms with E-state index in [9.17, 15) is 8.78 Å². The molecule has 2 aromatic heterocycles. The lowest BCUT2D eigenvalue weighted by molar-refractivity contribution is -0.00618. The molecule has 2 N–H and O–H groups in total. The Morgan fingerprint density at radius 1 is 1.21 bits per heavy atom. The maximum Gasteiger partial charge on any atom is 0.282 e. The highest BCUT2D eigenvalue weighted by molar-refractivity contribution is 5.86. The van der Waals surface area contributed by atoms with Crippen molar-refractivity contribution in [3.05, 3.63) is 41.9 Å². The van der Waals surface area contributed by atoms with Gasteiger partial charge in [0.2, 0.25) is 0 Å². The fraction of sp³-hybridized carbons (Fsp3) is 0.545. The van der Waals surface area contributed by atoms with Gasteiger partial charge in [-0.2, -0.15) is 0 Å². The SMILES string of the molecule is CC1=CC=C(C(F)(F)CN2CCC(Nc3ncnc4[nH]ccc34)CC2)CC[C@H]1C. The van der Waals surface area contributed by atoms with Crippen molar-refractivity contribution in [2.24, 2.45) is 5.92 Å². The summed E-state index contributed by atoms with van der Waals surface area (Å²) in [6, 6.07) is 2.18. The van der Waals surface area contributed by atoms with Gasteiger partial charge in [-0.15, -0.1) is 0 Å². The fourth-order valence-corrected chi connectivity index (χ4v) is 4.18. The van der Waals surface area contributed by atoms with E-state index in [1.54, 1.807) is 6.08 Å². The number of alkyl halides is 2. The van der Waals surface area contributed by atoms with Gasteiger partial charge >= 0.3 is 0 Å². The van der Waals surface area contributed by atoms with Crippen LogP contribution < -0.4 is 5.32 Å². The van der Waals surface area contributed by atoms with Gasteiger partial charge in [-0.3, -0.25) is 4.90 Å². The summed E-state index contributed by atoms with van der Waals surface area (Å²) in [4.78, 5) is 13.5. The second-order valence-corrected chi connectivity index (χ2v) is 8.40. The van der Waals surface area contributed by atoms with Gasteiger partial charge in [-0.1, -0.05) is 24.6 Å². The first-order valence-electron chi connectivity index (χ1n) is 10.4. The number of nitrogens with one attached hydrogen (secondary N) is 2. The van der Waals surface area contributed by atoms with Crippen LogP contribution in [0, 0.1) is 5.92 Å². The molecule has 0 saturated carbocycles. The monoisotopic (exact) mass is 401 g/mol. The van der Waals surface area contributed by atoms with E-state index < -0.39 is 5.92 Å². The van der Waals surface area contributed by atoms with Gasteiger partial charge in [0.05, 0.1) is 11.9 Å². The molecular weight excluding hydrogens is 372 g/mol. The number of hydrogen-bond donors (Lipinski definition) is 2. The lowest BCUT2D eigenvalue weighted by Crippen LogP contribution is -2.45. The maximum absolute atomic E-state index is 14.9. The smallest absolute Gasteiger partial charge is 0.282 e. The number of hydrogen-bond acceptors (Lipinski definition) is 4. The van der Waals surface area contributed by atoms with Crippen LogP contribution in [0.2, 0.25) is 0 Å². The molecule has 0 spiro atoms. The Labute approximate surface area is 170 Å². The van der Waals surface area contributed by atoms with Crippen LogP contribution in [0.25, 0.3) is 11.0 Å². The molecule has 3 heterocycles. The molecule has 0 bridgehead atoms. The zero-order valence-electron chi connectivity index (χ0n) is 17.1. The van der Waals surface area contributed by atoms with Gasteiger partial charge in [0.1, 0.15) is 17.8 Å². The van der Waals surface area contributed by atoms with Crippen molar-refractivity contribution in [3.8, 4) is 0 Å². The summed E-state index contributed by atoms with van der Waals surface area (Å²) in [7, 11) is 0. The van der Waals surface area contributed by atoms with Crippen LogP contribution >= 0.6 is 0 Å². The molecule has 1 aliphatic carbocycles. The van der Waals surface area contributed by atoms with Gasteiger partial charge in [0, 0.05) is 25.3 Å². The van der Waals surface area contributed by atoms with E-state index in [4.69, 9.17) is 0 Å². The molecule has 0 unspecified atom stereocenters. The third-order valence-corrected chi connectivity index (χ3v) is 6.35. The Kier molecular flexibility index (Phi) is 5.67. The Bertz CT molecular complexity index is 909. The molecule has 1 atom stereocenters. The topological polar surface area (TPSA) is 56.8 Å². The first kappa shape index (κ1) is 20.0. The van der Waals surface area contributed by atoms with Crippen LogP contribution in [-0.2, 0) is 0 Å². The Morgan fingerprint density at radius 3 is 2.79 bits per heavy atom. The molecule has 4 rings (SSSR count). The van der Waals surface area contributed by atoms with Crippen molar-refractivity contribution < 1.29 is 8.78 Å². The number of allylic oxidation sites excluding steroid dienone is 3. The first-order chi connectivity index (χ1) is 13.9. The Hall–Kier alpha value is -2.28. The molecule has 1 aliphatic heterocycles. The van der Waals surface area contributed by atoms with E-state index in [-0.39, 0.29) is 18.2 Å². The number of nitrogens with zero attached hydrogens (tertiary/aromatic N) is 3. The predicted molar refractivity (Wildman–Crippen MR) is 112 cm³/mol. The standard InChI is InChI=1S/C22H29F2N5/c1-15-3-5-17(6-4-16(15)2)22(23,24)13-29-11-8-18(9-12-29)28-21-19-7-10-25-20(19)26-14-27-21/h3,5,7,10,14,16,18H,4,6,8-9,11-13H2,1-2H3,(H2,25,26,27,28)/t16-/m1/s1. The van der Waals surface area contributed by atoms with Crippen molar-refractivity contribution in [2.45, 2.75) is 51.5 Å². The number of aromatic nitrogens is 3. The van der Waals surface area contributed by atoms with Gasteiger partial charge in [-0.25, -0.2) is 18.7 Å². The predicted octanol–water partition coefficient (Wildman–Crippen LogP) is 4.77. The average molecular weight is 402 g/mol. The lowest BCUT2D eigenvalue weighted by Gasteiger charge is -2.35. The molecule has 5 nitrogen and oxygen atoms in total. The van der Waals surface area contributed by atoms with Crippen molar-refractivity contribution >= 4 is 16.9 Å². The van der Waals surface area contributed by atoms with E-state index in [1.807, 2.05) is 30.2 Å². The van der Waals surface area contributed by atoms with Crippen LogP contribution in [-0.4, -0.2) is 51.5 Å². The van der Waals surface area contributed by atoms with Gasteiger partial charge in [0.25, 0.3) is 5.92 Å². The third kappa shape index (κ3) is 4.50. The van der Waals surface area contributed by atoms with E-state index >= 15 is 0 Å². The molecule has 7 heteroatoms. The Morgan fingerprint density at radius 2 is 2.00 bits per heavy atom. The second kappa shape index (κ2) is 8.22. The van der Waals surface area contributed by atoms with Crippen LogP contribution in [0.5, 0.6) is 0 Å². The summed E-state index contributed by atoms with van der Waals surface area (Å²) in [6.07, 6.45) is 9.82. The second-order valence-electron chi connectivity index (χ2n) is 8.40. The summed E-state index contributed by atoms with van der Waals surface area (Å²) in [6.45, 7) is 5.26. The van der Waals surface area contributed by atoms with E-state index in [2.05, 4.69) is 27.2 Å². The molecule has 0 radical (unpaired) electrons. The summed E-state index contributed by atoms with van der Waals surface area (Å²) in [5.41, 5.74) is 2.26. The molecule has 0 aromatic carbocycles. The number of rotatable bonds is 5. The number of likely N-dealkylation sites (tertiary alicyclic amines) is 1. The summed E-state index contributed by atoms with van der Waals surface area (Å²) >= 11 is 0. The number of fused-ring (bicyclic) bond motifs is 1. The lowest BCUT2D eigenvalue weighted by atomic mass is 9.95. The van der Waals surface area contributed by atoms with Crippen LogP contribution in [0.4, 0.5) is 14.6 Å². The number of aromatic amines is 1. The molecule has 29 heavy (non-hydrogen) atoms. The van der Waals surface area contributed by atoms with Crippen molar-refractivity contribution in [2.75, 3.05) is 25.0 Å². The highest BCUT2D eigenvalue weighted by Gasteiger charge is 2.37. The number of H-pyrrole nitrogens is 1. The zero-order chi connectivity index (χ0) is 20.4. The summed E-state index contributed by atoms with van der Waals surface area (Å²) in [5, 5.41) is 4.43. The van der Waals surface area contributed by atoms with Crippen molar-refractivity contribution in [1.82, 2.24) is 19.9 Å². The minimum atomic E-state index is -2.77. The summed E-state index contributed by atoms with van der Waals surface area (Å²) < 4.78 is 29.9. The first-order valence-corrected chi connectivity index (χ1v) is 10.4. The molecule has 1 saturated heterocycles. The van der Waals surface area contributed by atoms with Gasteiger partial charge in [0.15, 0.2) is 0 Å². The quantitative estimate of drug-likeness (QED) is 0.758. The molecule has 2 aromatic rings. The van der Waals surface area contributed by atoms with Crippen molar-refractivity contribution in [3.63, 3.8) is 0 Å². The van der Waals surface area contributed by atoms with Gasteiger partial charge in [-0.05, 0) is 50.2 Å². The normalized spacial score (nSPS) is 22.3. The minimum absolute atomic E-state index is 0.192. The van der Waals surface area contributed by atoms with E-state index in [0.717, 1.165) is 36.1 Å². The molecule has 2 aliphatic rings.